The van der Waals surface area contributed by atoms with Crippen molar-refractivity contribution in [1.29, 1.82) is 0 Å². The van der Waals surface area contributed by atoms with E-state index in [4.69, 9.17) is 0 Å². The largest absolute Gasteiger partial charge is 0.433 e. The average molecular weight is 491 g/mol. The fourth-order valence-electron chi connectivity index (χ4n) is 4.27. The summed E-state index contributed by atoms with van der Waals surface area (Å²) in [6.45, 7) is 9.45. The molecule has 1 amide bonds. The van der Waals surface area contributed by atoms with Crippen molar-refractivity contribution in [2.45, 2.75) is 32.9 Å². The van der Waals surface area contributed by atoms with Crippen molar-refractivity contribution in [3.8, 4) is 0 Å². The van der Waals surface area contributed by atoms with Gasteiger partial charge in [-0.05, 0) is 68.6 Å². The van der Waals surface area contributed by atoms with Gasteiger partial charge in [-0.2, -0.15) is 13.2 Å². The molecule has 3 heterocycles. The fraction of sp³-hybridized carbons (Fsp3) is 0.440. The molecule has 0 atom stereocenters. The zero-order valence-corrected chi connectivity index (χ0v) is 20.2. The number of aromatic nitrogens is 1. The average Bonchev–Trinajstić information content (AvgIpc) is 3.14. The van der Waals surface area contributed by atoms with Crippen LogP contribution in [0, 0.1) is 13.8 Å². The molecule has 1 N–H and O–H groups in total. The lowest BCUT2D eigenvalue weighted by Crippen LogP contribution is -2.46. The first kappa shape index (κ1) is 24.5. The van der Waals surface area contributed by atoms with Gasteiger partial charge < -0.3 is 10.2 Å². The molecule has 1 aromatic carbocycles. The van der Waals surface area contributed by atoms with E-state index in [1.165, 1.54) is 17.3 Å². The summed E-state index contributed by atoms with van der Waals surface area (Å²) in [4.78, 5) is 21.9. The van der Waals surface area contributed by atoms with Crippen molar-refractivity contribution in [2.75, 3.05) is 44.2 Å². The van der Waals surface area contributed by atoms with E-state index in [2.05, 4.69) is 51.3 Å². The zero-order valence-electron chi connectivity index (χ0n) is 19.4. The van der Waals surface area contributed by atoms with E-state index in [-0.39, 0.29) is 10.7 Å². The quantitative estimate of drug-likeness (QED) is 0.459. The summed E-state index contributed by atoms with van der Waals surface area (Å²) in [5.41, 5.74) is 2.29. The van der Waals surface area contributed by atoms with E-state index in [0.29, 0.717) is 22.4 Å². The standard InChI is InChI=1S/C25H29F3N4OS/c1-17-6-5-7-19(16-17)32-14-12-31(13-15-32)11-4-3-10-29-23(33)22-18(2)20-8-9-21(25(26,27)28)30-24(20)34-22/h5-9,16H,3-4,10-15H2,1-2H3,(H,29,33). The first-order chi connectivity index (χ1) is 16.2. The molecule has 0 spiro atoms. The summed E-state index contributed by atoms with van der Waals surface area (Å²) in [5, 5.41) is 3.50. The van der Waals surface area contributed by atoms with Crippen molar-refractivity contribution >= 4 is 33.1 Å². The Kier molecular flexibility index (Phi) is 7.42. The molecule has 2 aromatic heterocycles. The summed E-state index contributed by atoms with van der Waals surface area (Å²) in [5.74, 6) is -0.249. The van der Waals surface area contributed by atoms with Crippen LogP contribution in [0.25, 0.3) is 10.2 Å². The lowest BCUT2D eigenvalue weighted by atomic mass is 10.1. The Balaban J connectivity index is 1.21. The molecular weight excluding hydrogens is 461 g/mol. The maximum Gasteiger partial charge on any atom is 0.433 e. The number of carbonyl (C=O) groups excluding carboxylic acids is 1. The van der Waals surface area contributed by atoms with Gasteiger partial charge in [-0.3, -0.25) is 9.69 Å². The zero-order chi connectivity index (χ0) is 24.3. The topological polar surface area (TPSA) is 48.5 Å². The van der Waals surface area contributed by atoms with Crippen molar-refractivity contribution < 1.29 is 18.0 Å². The second kappa shape index (κ2) is 10.3. The predicted molar refractivity (Wildman–Crippen MR) is 131 cm³/mol. The lowest BCUT2D eigenvalue weighted by Gasteiger charge is -2.36. The number of alkyl halides is 3. The first-order valence-corrected chi connectivity index (χ1v) is 12.3. The van der Waals surface area contributed by atoms with Gasteiger partial charge >= 0.3 is 6.18 Å². The summed E-state index contributed by atoms with van der Waals surface area (Å²) in [6.07, 6.45) is -2.67. The molecule has 1 saturated heterocycles. The number of anilines is 1. The lowest BCUT2D eigenvalue weighted by molar-refractivity contribution is -0.140. The second-order valence-corrected chi connectivity index (χ2v) is 9.73. The molecule has 3 aromatic rings. The number of fused-ring (bicyclic) bond motifs is 1. The molecule has 0 aliphatic carbocycles. The minimum Gasteiger partial charge on any atom is -0.369 e. The summed E-state index contributed by atoms with van der Waals surface area (Å²) in [7, 11) is 0. The smallest absolute Gasteiger partial charge is 0.369 e. The third-order valence-electron chi connectivity index (χ3n) is 6.23. The van der Waals surface area contributed by atoms with Crippen LogP contribution in [-0.2, 0) is 6.18 Å². The number of nitrogens with one attached hydrogen (secondary N) is 1. The molecule has 0 unspecified atom stereocenters. The highest BCUT2D eigenvalue weighted by Gasteiger charge is 2.33. The number of nitrogens with zero attached hydrogens (tertiary/aromatic N) is 3. The van der Waals surface area contributed by atoms with E-state index in [1.807, 2.05) is 0 Å². The summed E-state index contributed by atoms with van der Waals surface area (Å²) in [6, 6.07) is 11.0. The number of benzene rings is 1. The number of halogens is 3. The molecule has 182 valence electrons. The monoisotopic (exact) mass is 490 g/mol. The molecule has 4 rings (SSSR count). The highest BCUT2D eigenvalue weighted by molar-refractivity contribution is 7.20. The Morgan fingerprint density at radius 1 is 1.09 bits per heavy atom. The van der Waals surface area contributed by atoms with Crippen LogP contribution in [0.1, 0.15) is 39.3 Å². The van der Waals surface area contributed by atoms with Crippen LogP contribution in [0.2, 0.25) is 0 Å². The molecule has 0 radical (unpaired) electrons. The number of carbonyl (C=O) groups is 1. The minimum absolute atomic E-state index is 0.238. The Hall–Kier alpha value is -2.65. The van der Waals surface area contributed by atoms with Gasteiger partial charge in [0.05, 0.1) is 4.88 Å². The van der Waals surface area contributed by atoms with Crippen LogP contribution >= 0.6 is 11.3 Å². The third-order valence-corrected chi connectivity index (χ3v) is 7.43. The Morgan fingerprint density at radius 3 is 2.56 bits per heavy atom. The molecule has 0 saturated carbocycles. The number of piperazine rings is 1. The van der Waals surface area contributed by atoms with Gasteiger partial charge in [0.15, 0.2) is 0 Å². The number of hydrogen-bond donors (Lipinski definition) is 1. The highest BCUT2D eigenvalue weighted by atomic mass is 32.1. The number of aryl methyl sites for hydroxylation is 2. The van der Waals surface area contributed by atoms with Crippen molar-refractivity contribution in [1.82, 2.24) is 15.2 Å². The van der Waals surface area contributed by atoms with E-state index in [0.717, 1.165) is 63.0 Å². The highest BCUT2D eigenvalue weighted by Crippen LogP contribution is 2.34. The van der Waals surface area contributed by atoms with Crippen LogP contribution in [0.5, 0.6) is 0 Å². The van der Waals surface area contributed by atoms with Gasteiger partial charge in [-0.25, -0.2) is 4.98 Å². The molecule has 34 heavy (non-hydrogen) atoms. The van der Waals surface area contributed by atoms with Crippen LogP contribution in [0.3, 0.4) is 0 Å². The van der Waals surface area contributed by atoms with E-state index in [1.54, 1.807) is 6.92 Å². The predicted octanol–water partition coefficient (Wildman–Crippen LogP) is 5.26. The van der Waals surface area contributed by atoms with Gasteiger partial charge in [-0.1, -0.05) is 12.1 Å². The molecule has 1 aliphatic heterocycles. The first-order valence-electron chi connectivity index (χ1n) is 11.5. The third kappa shape index (κ3) is 5.70. The maximum atomic E-state index is 12.9. The Morgan fingerprint density at radius 2 is 1.85 bits per heavy atom. The number of pyridine rings is 1. The molecule has 0 bridgehead atoms. The van der Waals surface area contributed by atoms with Gasteiger partial charge in [0.1, 0.15) is 10.5 Å². The van der Waals surface area contributed by atoms with Crippen molar-refractivity contribution in [3.05, 3.63) is 58.1 Å². The van der Waals surface area contributed by atoms with E-state index in [9.17, 15) is 18.0 Å². The second-order valence-electron chi connectivity index (χ2n) is 8.73. The molecule has 9 heteroatoms. The van der Waals surface area contributed by atoms with Gasteiger partial charge in [0.2, 0.25) is 0 Å². The van der Waals surface area contributed by atoms with Crippen molar-refractivity contribution in [3.63, 3.8) is 0 Å². The Labute approximate surface area is 201 Å². The number of thiophene rings is 1. The molecule has 5 nitrogen and oxygen atoms in total. The SMILES string of the molecule is Cc1cccc(N2CCN(CCCCNC(=O)c3sc4nc(C(F)(F)F)ccc4c3C)CC2)c1. The summed E-state index contributed by atoms with van der Waals surface area (Å²) >= 11 is 1.01. The van der Waals surface area contributed by atoms with Crippen LogP contribution in [0.15, 0.2) is 36.4 Å². The van der Waals surface area contributed by atoms with Crippen molar-refractivity contribution in [2.24, 2.45) is 0 Å². The number of hydrogen-bond acceptors (Lipinski definition) is 5. The summed E-state index contributed by atoms with van der Waals surface area (Å²) < 4.78 is 38.8. The minimum atomic E-state index is -4.50. The normalized spacial score (nSPS) is 15.1. The maximum absolute atomic E-state index is 12.9. The van der Waals surface area contributed by atoms with Crippen LogP contribution in [0.4, 0.5) is 18.9 Å². The molecular formula is C25H29F3N4OS. The number of rotatable bonds is 7. The number of unbranched alkanes of at least 4 members (excludes halogenated alkanes) is 1. The fourth-order valence-corrected chi connectivity index (χ4v) is 5.37. The van der Waals surface area contributed by atoms with E-state index >= 15 is 0 Å². The Bertz CT molecular complexity index is 1150. The van der Waals surface area contributed by atoms with Crippen LogP contribution < -0.4 is 10.2 Å². The van der Waals surface area contributed by atoms with Gasteiger partial charge in [0, 0.05) is 43.8 Å². The van der Waals surface area contributed by atoms with Crippen LogP contribution in [-0.4, -0.2) is 55.1 Å². The number of amides is 1. The molecule has 1 fully saturated rings. The van der Waals surface area contributed by atoms with E-state index < -0.39 is 11.9 Å². The van der Waals surface area contributed by atoms with Gasteiger partial charge in [0.25, 0.3) is 5.91 Å². The molecule has 1 aliphatic rings. The van der Waals surface area contributed by atoms with Gasteiger partial charge in [-0.15, -0.1) is 11.3 Å².